The van der Waals surface area contributed by atoms with Crippen LogP contribution in [0.15, 0.2) is 23.3 Å². The second kappa shape index (κ2) is 12.5. The minimum atomic E-state index is -0.771. The first kappa shape index (κ1) is 21.2. The fourth-order valence-electron chi connectivity index (χ4n) is 2.54. The molecule has 1 N–H and O–H groups in total. The molecule has 0 saturated heterocycles. The van der Waals surface area contributed by atoms with Gasteiger partial charge in [0.15, 0.2) is 11.7 Å². The lowest BCUT2D eigenvalue weighted by atomic mass is 10.0. The van der Waals surface area contributed by atoms with Gasteiger partial charge in [-0.25, -0.2) is 8.78 Å². The van der Waals surface area contributed by atoms with Crippen molar-refractivity contribution in [2.75, 3.05) is 52.5 Å². The predicted molar refractivity (Wildman–Crippen MR) is 93.4 cm³/mol. The van der Waals surface area contributed by atoms with E-state index in [0.29, 0.717) is 18.6 Å². The molecule has 1 aliphatic rings. The molecule has 6 heteroatoms. The van der Waals surface area contributed by atoms with Crippen molar-refractivity contribution in [1.29, 1.82) is 0 Å². The number of hydrogen-bond donors (Lipinski definition) is 1. The van der Waals surface area contributed by atoms with Gasteiger partial charge >= 0.3 is 0 Å². The Kier molecular flexibility index (Phi) is 11.1. The van der Waals surface area contributed by atoms with Crippen molar-refractivity contribution >= 4 is 0 Å². The Labute approximate surface area is 144 Å². The summed E-state index contributed by atoms with van der Waals surface area (Å²) < 4.78 is 38.1. The molecule has 0 radical (unpaired) electrons. The number of rotatable bonds is 13. The normalized spacial score (nSPS) is 18.4. The highest BCUT2D eigenvalue weighted by Crippen LogP contribution is 2.28. The molecule has 0 aromatic carbocycles. The zero-order valence-corrected chi connectivity index (χ0v) is 15.2. The zero-order valence-electron chi connectivity index (χ0n) is 15.2. The molecule has 1 unspecified atom stereocenters. The van der Waals surface area contributed by atoms with E-state index in [0.717, 1.165) is 52.4 Å². The highest BCUT2D eigenvalue weighted by atomic mass is 19.2. The van der Waals surface area contributed by atoms with Crippen molar-refractivity contribution in [2.24, 2.45) is 0 Å². The molecule has 0 aromatic rings. The van der Waals surface area contributed by atoms with Crippen molar-refractivity contribution < 1.29 is 18.3 Å². The minimum absolute atomic E-state index is 0.361. The minimum Gasteiger partial charge on any atom is -0.380 e. The fourth-order valence-corrected chi connectivity index (χ4v) is 2.54. The largest absolute Gasteiger partial charge is 0.380 e. The summed E-state index contributed by atoms with van der Waals surface area (Å²) in [6.45, 7) is 12.0. The average molecular weight is 346 g/mol. The lowest BCUT2D eigenvalue weighted by Crippen LogP contribution is -2.32. The number of allylic oxidation sites excluding steroid dienone is 2. The highest BCUT2D eigenvalue weighted by molar-refractivity contribution is 5.31. The molecular weight excluding hydrogens is 314 g/mol. The fraction of sp³-hybridized carbons (Fsp3) is 0.778. The summed E-state index contributed by atoms with van der Waals surface area (Å²) in [5, 5.41) is 3.34. The van der Waals surface area contributed by atoms with Crippen LogP contribution >= 0.6 is 0 Å². The molecule has 0 aromatic heterocycles. The van der Waals surface area contributed by atoms with Crippen molar-refractivity contribution in [3.8, 4) is 0 Å². The lowest BCUT2D eigenvalue weighted by molar-refractivity contribution is 0.0446. The third kappa shape index (κ3) is 7.83. The van der Waals surface area contributed by atoms with Crippen LogP contribution in [0.5, 0.6) is 0 Å². The van der Waals surface area contributed by atoms with Crippen LogP contribution in [0.2, 0.25) is 0 Å². The smallest absolute Gasteiger partial charge is 0.165 e. The van der Waals surface area contributed by atoms with Gasteiger partial charge in [0.1, 0.15) is 6.10 Å². The van der Waals surface area contributed by atoms with E-state index in [1.54, 1.807) is 13.0 Å². The Morgan fingerprint density at radius 3 is 2.71 bits per heavy atom. The molecule has 1 rings (SSSR count). The molecule has 0 spiro atoms. The van der Waals surface area contributed by atoms with Crippen LogP contribution in [0, 0.1) is 0 Å². The molecular formula is C18H32F2N2O2. The molecule has 1 aliphatic carbocycles. The monoisotopic (exact) mass is 346 g/mol. The molecule has 24 heavy (non-hydrogen) atoms. The Morgan fingerprint density at radius 2 is 2.00 bits per heavy atom. The molecule has 0 heterocycles. The van der Waals surface area contributed by atoms with Gasteiger partial charge in [0.05, 0.1) is 13.2 Å². The van der Waals surface area contributed by atoms with Crippen molar-refractivity contribution in [2.45, 2.75) is 39.7 Å². The highest BCUT2D eigenvalue weighted by Gasteiger charge is 2.24. The number of likely N-dealkylation sites (N-methyl/N-ethyl adjacent to an activating group) is 1. The summed E-state index contributed by atoms with van der Waals surface area (Å²) in [5.41, 5.74) is 0.361. The number of hydrogen-bond acceptors (Lipinski definition) is 4. The summed E-state index contributed by atoms with van der Waals surface area (Å²) in [6.07, 6.45) is 2.36. The van der Waals surface area contributed by atoms with E-state index >= 15 is 0 Å². The van der Waals surface area contributed by atoms with E-state index in [2.05, 4.69) is 17.1 Å². The molecule has 4 nitrogen and oxygen atoms in total. The molecule has 0 aliphatic heterocycles. The van der Waals surface area contributed by atoms with Crippen molar-refractivity contribution in [3.63, 3.8) is 0 Å². The zero-order chi connectivity index (χ0) is 17.8. The molecule has 0 saturated carbocycles. The third-order valence-corrected chi connectivity index (χ3v) is 4.11. The maximum Gasteiger partial charge on any atom is 0.165 e. The van der Waals surface area contributed by atoms with Gasteiger partial charge in [0, 0.05) is 19.7 Å². The first-order valence-corrected chi connectivity index (χ1v) is 8.94. The SMILES string of the molecule is CCOCCNCCCN(CC)CCOC1CC=C(C)C(F)=C1F. The van der Waals surface area contributed by atoms with Gasteiger partial charge < -0.3 is 19.7 Å². The Balaban J connectivity index is 2.14. The van der Waals surface area contributed by atoms with Gasteiger partial charge in [-0.05, 0) is 51.9 Å². The Hall–Kier alpha value is -0.820. The van der Waals surface area contributed by atoms with Gasteiger partial charge in [-0.1, -0.05) is 13.0 Å². The van der Waals surface area contributed by atoms with E-state index in [1.165, 1.54) is 0 Å². The van der Waals surface area contributed by atoms with E-state index in [4.69, 9.17) is 9.47 Å². The van der Waals surface area contributed by atoms with Crippen LogP contribution in [-0.2, 0) is 9.47 Å². The topological polar surface area (TPSA) is 33.7 Å². The van der Waals surface area contributed by atoms with Gasteiger partial charge in [-0.15, -0.1) is 0 Å². The number of nitrogens with zero attached hydrogens (tertiary/aromatic N) is 1. The van der Waals surface area contributed by atoms with Crippen LogP contribution in [-0.4, -0.2) is 63.5 Å². The van der Waals surface area contributed by atoms with Gasteiger partial charge in [-0.2, -0.15) is 0 Å². The maximum absolute atomic E-state index is 13.8. The molecule has 1 atom stereocenters. The lowest BCUT2D eigenvalue weighted by Gasteiger charge is -2.23. The summed E-state index contributed by atoms with van der Waals surface area (Å²) in [6, 6.07) is 0. The van der Waals surface area contributed by atoms with Crippen LogP contribution in [0.1, 0.15) is 33.6 Å². The van der Waals surface area contributed by atoms with Crippen molar-refractivity contribution in [3.05, 3.63) is 23.3 Å². The van der Waals surface area contributed by atoms with E-state index < -0.39 is 17.8 Å². The molecule has 0 amide bonds. The number of halogens is 2. The second-order valence-electron chi connectivity index (χ2n) is 5.88. The van der Waals surface area contributed by atoms with Crippen LogP contribution in [0.3, 0.4) is 0 Å². The van der Waals surface area contributed by atoms with E-state index in [1.807, 2.05) is 6.92 Å². The van der Waals surface area contributed by atoms with E-state index in [-0.39, 0.29) is 0 Å². The van der Waals surface area contributed by atoms with E-state index in [9.17, 15) is 8.78 Å². The standard InChI is InChI=1S/C18H32F2N2O2/c1-4-22(11-6-9-21-10-13-23-5-2)12-14-24-16-8-7-15(3)17(19)18(16)20/h7,16,21H,4-6,8-14H2,1-3H3. The van der Waals surface area contributed by atoms with Gasteiger partial charge in [0.25, 0.3) is 0 Å². The number of nitrogens with one attached hydrogen (secondary N) is 1. The summed E-state index contributed by atoms with van der Waals surface area (Å²) in [5.74, 6) is -1.53. The number of ether oxygens (including phenoxy) is 2. The Morgan fingerprint density at radius 1 is 1.21 bits per heavy atom. The summed E-state index contributed by atoms with van der Waals surface area (Å²) in [4.78, 5) is 2.26. The summed E-state index contributed by atoms with van der Waals surface area (Å²) >= 11 is 0. The molecule has 0 bridgehead atoms. The molecule has 140 valence electrons. The molecule has 0 fully saturated rings. The van der Waals surface area contributed by atoms with Crippen molar-refractivity contribution in [1.82, 2.24) is 10.2 Å². The first-order chi connectivity index (χ1) is 11.6. The predicted octanol–water partition coefficient (Wildman–Crippen LogP) is 3.21. The average Bonchev–Trinajstić information content (AvgIpc) is 2.59. The van der Waals surface area contributed by atoms with Crippen LogP contribution in [0.4, 0.5) is 8.78 Å². The quantitative estimate of drug-likeness (QED) is 0.519. The van der Waals surface area contributed by atoms with Crippen LogP contribution in [0.25, 0.3) is 0 Å². The first-order valence-electron chi connectivity index (χ1n) is 8.94. The maximum atomic E-state index is 13.8. The van der Waals surface area contributed by atoms with Crippen LogP contribution < -0.4 is 5.32 Å². The van der Waals surface area contributed by atoms with Gasteiger partial charge in [0.2, 0.25) is 0 Å². The van der Waals surface area contributed by atoms with Gasteiger partial charge in [-0.3, -0.25) is 0 Å². The Bertz CT molecular complexity index is 414. The summed E-state index contributed by atoms with van der Waals surface area (Å²) in [7, 11) is 0. The third-order valence-electron chi connectivity index (χ3n) is 4.11. The second-order valence-corrected chi connectivity index (χ2v) is 5.88.